The Kier molecular flexibility index (Phi) is 3.57. The predicted octanol–water partition coefficient (Wildman–Crippen LogP) is 2.76. The minimum atomic E-state index is -0.459. The zero-order valence-electron chi connectivity index (χ0n) is 9.60. The van der Waals surface area contributed by atoms with Crippen molar-refractivity contribution in [2.45, 2.75) is 6.61 Å². The average Bonchev–Trinajstić information content (AvgIpc) is 2.37. The number of nitrogen functional groups attached to an aromatic ring is 1. The van der Waals surface area contributed by atoms with Crippen molar-refractivity contribution in [1.29, 1.82) is 0 Å². The molecule has 0 aliphatic rings. The largest absolute Gasteiger partial charge is 0.457 e. The van der Waals surface area contributed by atoms with E-state index in [1.165, 1.54) is 12.1 Å². The fraction of sp³-hybridized carbons (Fsp3) is 0.0714. The van der Waals surface area contributed by atoms with Crippen molar-refractivity contribution in [2.24, 2.45) is 0 Å². The van der Waals surface area contributed by atoms with Gasteiger partial charge in [0.05, 0.1) is 5.56 Å². The van der Waals surface area contributed by atoms with Crippen molar-refractivity contribution in [3.05, 3.63) is 65.5 Å². The molecule has 0 radical (unpaired) electrons. The summed E-state index contributed by atoms with van der Waals surface area (Å²) in [5, 5.41) is 0. The third kappa shape index (κ3) is 3.07. The van der Waals surface area contributed by atoms with E-state index in [0.717, 1.165) is 0 Å². The molecule has 2 aromatic carbocycles. The average molecular weight is 245 g/mol. The number of carbonyl (C=O) groups is 1. The molecule has 3 nitrogen and oxygen atoms in total. The van der Waals surface area contributed by atoms with Crippen molar-refractivity contribution in [3.8, 4) is 0 Å². The van der Waals surface area contributed by atoms with Crippen LogP contribution in [0.1, 0.15) is 15.9 Å². The number of esters is 1. The first-order valence-electron chi connectivity index (χ1n) is 5.42. The van der Waals surface area contributed by atoms with E-state index in [-0.39, 0.29) is 12.4 Å². The lowest BCUT2D eigenvalue weighted by Gasteiger charge is -2.05. The molecule has 4 heteroatoms. The van der Waals surface area contributed by atoms with Crippen LogP contribution < -0.4 is 5.73 Å². The molecule has 0 saturated heterocycles. The normalized spacial score (nSPS) is 10.1. The number of rotatable bonds is 3. The molecule has 0 fully saturated rings. The van der Waals surface area contributed by atoms with Gasteiger partial charge >= 0.3 is 5.97 Å². The number of anilines is 1. The maximum absolute atomic E-state index is 12.9. The number of hydrogen-bond donors (Lipinski definition) is 1. The highest BCUT2D eigenvalue weighted by molar-refractivity contribution is 5.89. The topological polar surface area (TPSA) is 52.3 Å². The summed E-state index contributed by atoms with van der Waals surface area (Å²) in [7, 11) is 0. The van der Waals surface area contributed by atoms with Crippen molar-refractivity contribution in [2.75, 3.05) is 5.73 Å². The number of nitrogens with two attached hydrogens (primary N) is 1. The van der Waals surface area contributed by atoms with E-state index in [4.69, 9.17) is 10.5 Å². The van der Waals surface area contributed by atoms with Crippen molar-refractivity contribution < 1.29 is 13.9 Å². The Labute approximate surface area is 104 Å². The fourth-order valence-corrected chi connectivity index (χ4v) is 1.48. The molecule has 0 spiro atoms. The minimum Gasteiger partial charge on any atom is -0.457 e. The Balaban J connectivity index is 1.98. The molecule has 0 saturated carbocycles. The van der Waals surface area contributed by atoms with Crippen molar-refractivity contribution in [3.63, 3.8) is 0 Å². The van der Waals surface area contributed by atoms with Gasteiger partial charge < -0.3 is 10.5 Å². The Morgan fingerprint density at radius 3 is 2.56 bits per heavy atom. The van der Waals surface area contributed by atoms with E-state index in [9.17, 15) is 9.18 Å². The molecule has 2 aromatic rings. The summed E-state index contributed by atoms with van der Waals surface area (Å²) < 4.78 is 18.0. The van der Waals surface area contributed by atoms with Crippen LogP contribution in [-0.4, -0.2) is 5.97 Å². The first kappa shape index (κ1) is 12.1. The zero-order valence-corrected chi connectivity index (χ0v) is 9.60. The van der Waals surface area contributed by atoms with Crippen molar-refractivity contribution >= 4 is 11.7 Å². The molecule has 0 aliphatic heterocycles. The summed E-state index contributed by atoms with van der Waals surface area (Å²) in [5.41, 5.74) is 7.12. The van der Waals surface area contributed by atoms with Crippen LogP contribution in [0.4, 0.5) is 10.1 Å². The van der Waals surface area contributed by atoms with Crippen LogP contribution in [0, 0.1) is 5.82 Å². The molecule has 0 amide bonds. The first-order valence-corrected chi connectivity index (χ1v) is 5.42. The minimum absolute atomic E-state index is 0.0426. The molecular formula is C14H12FNO2. The molecule has 0 unspecified atom stereocenters. The number of benzene rings is 2. The summed E-state index contributed by atoms with van der Waals surface area (Å²) in [6, 6.07) is 12.4. The summed E-state index contributed by atoms with van der Waals surface area (Å²) in [6.07, 6.45) is 0. The highest BCUT2D eigenvalue weighted by Gasteiger charge is 2.07. The van der Waals surface area contributed by atoms with Gasteiger partial charge in [0.25, 0.3) is 0 Å². The molecule has 0 atom stereocenters. The van der Waals surface area contributed by atoms with Crippen LogP contribution in [-0.2, 0) is 11.3 Å². The quantitative estimate of drug-likeness (QED) is 0.668. The Morgan fingerprint density at radius 1 is 1.17 bits per heavy atom. The standard InChI is InChI=1S/C14H12FNO2/c15-12-3-1-2-10(8-12)9-18-14(17)11-4-6-13(16)7-5-11/h1-8H,9,16H2. The third-order valence-corrected chi connectivity index (χ3v) is 2.41. The van der Waals surface area contributed by atoms with Crippen LogP contribution in [0.3, 0.4) is 0 Å². The maximum atomic E-state index is 12.9. The number of halogens is 1. The second-order valence-electron chi connectivity index (χ2n) is 3.83. The summed E-state index contributed by atoms with van der Waals surface area (Å²) >= 11 is 0. The van der Waals surface area contributed by atoms with E-state index in [1.807, 2.05) is 0 Å². The van der Waals surface area contributed by atoms with E-state index < -0.39 is 5.97 Å². The molecular weight excluding hydrogens is 233 g/mol. The zero-order chi connectivity index (χ0) is 13.0. The van der Waals surface area contributed by atoms with E-state index in [0.29, 0.717) is 16.8 Å². The molecule has 92 valence electrons. The third-order valence-electron chi connectivity index (χ3n) is 2.41. The highest BCUT2D eigenvalue weighted by atomic mass is 19.1. The Hall–Kier alpha value is -2.36. The summed E-state index contributed by atoms with van der Waals surface area (Å²) in [5.74, 6) is -0.810. The number of hydrogen-bond acceptors (Lipinski definition) is 3. The molecule has 2 rings (SSSR count). The van der Waals surface area contributed by atoms with Gasteiger partial charge in [0, 0.05) is 5.69 Å². The SMILES string of the molecule is Nc1ccc(C(=O)OCc2cccc(F)c2)cc1. The lowest BCUT2D eigenvalue weighted by atomic mass is 10.2. The van der Waals surface area contributed by atoms with Gasteiger partial charge in [-0.25, -0.2) is 9.18 Å². The molecule has 2 N–H and O–H groups in total. The van der Waals surface area contributed by atoms with Gasteiger partial charge in [0.2, 0.25) is 0 Å². The Morgan fingerprint density at radius 2 is 1.89 bits per heavy atom. The smallest absolute Gasteiger partial charge is 0.338 e. The number of carbonyl (C=O) groups excluding carboxylic acids is 1. The van der Waals surface area contributed by atoms with Gasteiger partial charge in [-0.1, -0.05) is 12.1 Å². The maximum Gasteiger partial charge on any atom is 0.338 e. The fourth-order valence-electron chi connectivity index (χ4n) is 1.48. The summed E-state index contributed by atoms with van der Waals surface area (Å²) in [6.45, 7) is 0.0426. The second-order valence-corrected chi connectivity index (χ2v) is 3.83. The van der Waals surface area contributed by atoms with Crippen LogP contribution >= 0.6 is 0 Å². The highest BCUT2D eigenvalue weighted by Crippen LogP contribution is 2.09. The van der Waals surface area contributed by atoms with Crippen molar-refractivity contribution in [1.82, 2.24) is 0 Å². The lowest BCUT2D eigenvalue weighted by Crippen LogP contribution is -2.05. The molecule has 18 heavy (non-hydrogen) atoms. The summed E-state index contributed by atoms with van der Waals surface area (Å²) in [4.78, 5) is 11.7. The molecule has 0 aromatic heterocycles. The monoisotopic (exact) mass is 245 g/mol. The molecule has 0 bridgehead atoms. The van der Waals surface area contributed by atoms with Gasteiger partial charge in [-0.05, 0) is 42.0 Å². The van der Waals surface area contributed by atoms with E-state index in [2.05, 4.69) is 0 Å². The molecule has 0 heterocycles. The van der Waals surface area contributed by atoms with E-state index in [1.54, 1.807) is 36.4 Å². The second kappa shape index (κ2) is 5.31. The first-order chi connectivity index (χ1) is 8.65. The van der Waals surface area contributed by atoms with Gasteiger partial charge in [-0.2, -0.15) is 0 Å². The predicted molar refractivity (Wildman–Crippen MR) is 66.4 cm³/mol. The van der Waals surface area contributed by atoms with E-state index >= 15 is 0 Å². The lowest BCUT2D eigenvalue weighted by molar-refractivity contribution is 0.0472. The van der Waals surface area contributed by atoms with Gasteiger partial charge in [-0.3, -0.25) is 0 Å². The van der Waals surface area contributed by atoms with Gasteiger partial charge in [-0.15, -0.1) is 0 Å². The van der Waals surface area contributed by atoms with Crippen LogP contribution in [0.25, 0.3) is 0 Å². The molecule has 0 aliphatic carbocycles. The van der Waals surface area contributed by atoms with Gasteiger partial charge in [0.15, 0.2) is 0 Å². The van der Waals surface area contributed by atoms with Gasteiger partial charge in [0.1, 0.15) is 12.4 Å². The van der Waals surface area contributed by atoms with Crippen LogP contribution in [0.2, 0.25) is 0 Å². The van der Waals surface area contributed by atoms with Crippen LogP contribution in [0.15, 0.2) is 48.5 Å². The Bertz CT molecular complexity index is 552. The van der Waals surface area contributed by atoms with Crippen LogP contribution in [0.5, 0.6) is 0 Å². The number of ether oxygens (including phenoxy) is 1.